The highest BCUT2D eigenvalue weighted by Crippen LogP contribution is 2.45. The van der Waals surface area contributed by atoms with Gasteiger partial charge in [-0.15, -0.1) is 0 Å². The number of aliphatic hydroxyl groups is 1. The van der Waals surface area contributed by atoms with E-state index in [0.29, 0.717) is 35.8 Å². The minimum Gasteiger partial charge on any atom is -0.493 e. The number of rotatable bonds is 5. The Balaban J connectivity index is 2.46. The zero-order valence-electron chi connectivity index (χ0n) is 12.4. The van der Waals surface area contributed by atoms with Crippen LogP contribution in [-0.2, 0) is 4.74 Å². The monoisotopic (exact) mass is 293 g/mol. The zero-order valence-corrected chi connectivity index (χ0v) is 12.4. The van der Waals surface area contributed by atoms with Crippen molar-refractivity contribution in [1.29, 1.82) is 5.26 Å². The zero-order chi connectivity index (χ0) is 15.5. The van der Waals surface area contributed by atoms with Gasteiger partial charge in [-0.2, -0.15) is 5.26 Å². The van der Waals surface area contributed by atoms with E-state index in [2.05, 4.69) is 6.07 Å². The van der Waals surface area contributed by atoms with Crippen LogP contribution in [0.15, 0.2) is 12.1 Å². The highest BCUT2D eigenvalue weighted by atomic mass is 16.5. The second-order valence-electron chi connectivity index (χ2n) is 4.93. The molecule has 1 aromatic carbocycles. The number of benzene rings is 1. The lowest BCUT2D eigenvalue weighted by Gasteiger charge is -2.26. The molecule has 2 rings (SSSR count). The Morgan fingerprint density at radius 1 is 1.24 bits per heavy atom. The third-order valence-corrected chi connectivity index (χ3v) is 3.80. The van der Waals surface area contributed by atoms with Crippen LogP contribution in [-0.4, -0.2) is 39.6 Å². The minimum atomic E-state index is -0.987. The van der Waals surface area contributed by atoms with Crippen molar-refractivity contribution in [1.82, 2.24) is 0 Å². The number of hydrogen-bond donors (Lipinski definition) is 1. The number of ether oxygens (including phenoxy) is 4. The van der Waals surface area contributed by atoms with Crippen molar-refractivity contribution in [3.8, 4) is 23.3 Å². The molecule has 1 saturated heterocycles. The van der Waals surface area contributed by atoms with E-state index in [0.717, 1.165) is 0 Å². The van der Waals surface area contributed by atoms with E-state index in [-0.39, 0.29) is 6.61 Å². The molecule has 0 spiro atoms. The van der Waals surface area contributed by atoms with Crippen LogP contribution in [0.1, 0.15) is 18.1 Å². The van der Waals surface area contributed by atoms with Crippen LogP contribution >= 0.6 is 0 Å². The van der Waals surface area contributed by atoms with Crippen LogP contribution in [0.5, 0.6) is 17.2 Å². The van der Waals surface area contributed by atoms with Gasteiger partial charge in [0.1, 0.15) is 11.5 Å². The summed E-state index contributed by atoms with van der Waals surface area (Å²) in [6.07, 6.45) is -0.500. The predicted octanol–water partition coefficient (Wildman–Crippen LogP) is 1.68. The lowest BCUT2D eigenvalue weighted by molar-refractivity contribution is 0.0500. The molecule has 1 aliphatic heterocycles. The highest BCUT2D eigenvalue weighted by Gasteiger charge is 2.43. The van der Waals surface area contributed by atoms with Gasteiger partial charge in [0.15, 0.2) is 11.5 Å². The minimum absolute atomic E-state index is 0.210. The van der Waals surface area contributed by atoms with Crippen molar-refractivity contribution in [2.45, 2.75) is 12.5 Å². The molecule has 0 aliphatic carbocycles. The van der Waals surface area contributed by atoms with Crippen LogP contribution in [0.4, 0.5) is 0 Å². The predicted molar refractivity (Wildman–Crippen MR) is 74.5 cm³/mol. The van der Waals surface area contributed by atoms with Gasteiger partial charge in [-0.05, 0) is 24.1 Å². The van der Waals surface area contributed by atoms with Crippen molar-refractivity contribution >= 4 is 0 Å². The SMILES string of the molecule is COc1cc(C(O)C2(C#N)CCOC2)cc(OC)c1OC. The lowest BCUT2D eigenvalue weighted by Crippen LogP contribution is -2.27. The Morgan fingerprint density at radius 3 is 2.24 bits per heavy atom. The first kappa shape index (κ1) is 15.4. The molecule has 6 nitrogen and oxygen atoms in total. The van der Waals surface area contributed by atoms with Crippen molar-refractivity contribution in [3.63, 3.8) is 0 Å². The molecule has 0 aromatic heterocycles. The molecule has 1 fully saturated rings. The summed E-state index contributed by atoms with van der Waals surface area (Å²) in [5, 5.41) is 20.0. The van der Waals surface area contributed by atoms with E-state index >= 15 is 0 Å². The van der Waals surface area contributed by atoms with Crippen LogP contribution in [0.25, 0.3) is 0 Å². The van der Waals surface area contributed by atoms with Crippen molar-refractivity contribution in [2.75, 3.05) is 34.5 Å². The first-order valence-electron chi connectivity index (χ1n) is 6.59. The van der Waals surface area contributed by atoms with Gasteiger partial charge < -0.3 is 24.1 Å². The Kier molecular flexibility index (Phi) is 4.56. The summed E-state index contributed by atoms with van der Waals surface area (Å²) in [6.45, 7) is 0.677. The fourth-order valence-electron chi connectivity index (χ4n) is 2.52. The average Bonchev–Trinajstić information content (AvgIpc) is 3.02. The normalized spacial score (nSPS) is 22.4. The van der Waals surface area contributed by atoms with Crippen molar-refractivity contribution in [2.24, 2.45) is 5.41 Å². The van der Waals surface area contributed by atoms with E-state index in [1.54, 1.807) is 12.1 Å². The van der Waals surface area contributed by atoms with Gasteiger partial charge >= 0.3 is 0 Å². The molecule has 2 atom stereocenters. The third-order valence-electron chi connectivity index (χ3n) is 3.80. The number of methoxy groups -OCH3 is 3. The van der Waals surface area contributed by atoms with E-state index < -0.39 is 11.5 Å². The van der Waals surface area contributed by atoms with Crippen LogP contribution in [0, 0.1) is 16.7 Å². The molecule has 6 heteroatoms. The average molecular weight is 293 g/mol. The van der Waals surface area contributed by atoms with Gasteiger partial charge in [0.25, 0.3) is 0 Å². The summed E-state index contributed by atoms with van der Waals surface area (Å²) in [5.74, 6) is 1.33. The third kappa shape index (κ3) is 2.62. The molecule has 1 heterocycles. The lowest BCUT2D eigenvalue weighted by atomic mass is 9.79. The fraction of sp³-hybridized carbons (Fsp3) is 0.533. The van der Waals surface area contributed by atoms with Crippen LogP contribution < -0.4 is 14.2 Å². The van der Waals surface area contributed by atoms with E-state index in [1.165, 1.54) is 21.3 Å². The Bertz CT molecular complexity index is 520. The molecule has 114 valence electrons. The largest absolute Gasteiger partial charge is 0.493 e. The maximum atomic E-state index is 10.6. The van der Waals surface area contributed by atoms with Crippen LogP contribution in [0.2, 0.25) is 0 Å². The summed E-state index contributed by atoms with van der Waals surface area (Å²) in [5.41, 5.74) is -0.401. The molecule has 21 heavy (non-hydrogen) atoms. The van der Waals surface area contributed by atoms with Gasteiger partial charge in [0.2, 0.25) is 5.75 Å². The van der Waals surface area contributed by atoms with Crippen LogP contribution in [0.3, 0.4) is 0 Å². The molecule has 0 amide bonds. The summed E-state index contributed by atoms with van der Waals surface area (Å²) < 4.78 is 21.1. The molecule has 2 unspecified atom stereocenters. The molecule has 1 N–H and O–H groups in total. The smallest absolute Gasteiger partial charge is 0.203 e. The summed E-state index contributed by atoms with van der Waals surface area (Å²) in [7, 11) is 4.52. The maximum absolute atomic E-state index is 10.6. The molecule has 0 radical (unpaired) electrons. The Morgan fingerprint density at radius 2 is 1.86 bits per heavy atom. The maximum Gasteiger partial charge on any atom is 0.203 e. The molecular weight excluding hydrogens is 274 g/mol. The molecule has 0 bridgehead atoms. The number of aliphatic hydroxyl groups excluding tert-OH is 1. The quantitative estimate of drug-likeness (QED) is 0.889. The van der Waals surface area contributed by atoms with Crippen molar-refractivity contribution in [3.05, 3.63) is 17.7 Å². The van der Waals surface area contributed by atoms with E-state index in [1.807, 2.05) is 0 Å². The number of nitriles is 1. The van der Waals surface area contributed by atoms with Gasteiger partial charge in [0.05, 0.1) is 34.0 Å². The molecule has 1 aliphatic rings. The van der Waals surface area contributed by atoms with Gasteiger partial charge in [-0.3, -0.25) is 0 Å². The highest BCUT2D eigenvalue weighted by molar-refractivity contribution is 5.54. The second-order valence-corrected chi connectivity index (χ2v) is 4.93. The van der Waals surface area contributed by atoms with E-state index in [9.17, 15) is 10.4 Å². The number of hydrogen-bond acceptors (Lipinski definition) is 6. The summed E-state index contributed by atoms with van der Waals surface area (Å²) >= 11 is 0. The second kappa shape index (κ2) is 6.20. The Labute approximate surface area is 123 Å². The topological polar surface area (TPSA) is 80.9 Å². The fourth-order valence-corrected chi connectivity index (χ4v) is 2.52. The first-order valence-corrected chi connectivity index (χ1v) is 6.59. The number of nitrogens with zero attached hydrogens (tertiary/aromatic N) is 1. The van der Waals surface area contributed by atoms with E-state index in [4.69, 9.17) is 18.9 Å². The van der Waals surface area contributed by atoms with Gasteiger partial charge in [0, 0.05) is 6.61 Å². The standard InChI is InChI=1S/C15H19NO5/c1-18-11-6-10(7-12(19-2)13(11)20-3)14(17)15(8-16)4-5-21-9-15/h6-7,14,17H,4-5,9H2,1-3H3. The van der Waals surface area contributed by atoms with Gasteiger partial charge in [-0.1, -0.05) is 0 Å². The summed E-state index contributed by atoms with van der Waals surface area (Å²) in [6, 6.07) is 5.50. The molecular formula is C15H19NO5. The van der Waals surface area contributed by atoms with Crippen molar-refractivity contribution < 1.29 is 24.1 Å². The van der Waals surface area contributed by atoms with Gasteiger partial charge in [-0.25, -0.2) is 0 Å². The molecule has 1 aromatic rings. The first-order chi connectivity index (χ1) is 10.1. The molecule has 0 saturated carbocycles. The summed E-state index contributed by atoms with van der Waals surface area (Å²) in [4.78, 5) is 0. The Hall–Kier alpha value is -1.97.